The van der Waals surface area contributed by atoms with Crippen molar-refractivity contribution >= 4 is 15.9 Å². The van der Waals surface area contributed by atoms with Gasteiger partial charge in [-0.2, -0.15) is 9.29 Å². The number of ether oxygens (including phenoxy) is 2. The molecule has 0 N–H and O–H groups in total. The van der Waals surface area contributed by atoms with Crippen LogP contribution in [0.25, 0.3) is 11.4 Å². The van der Waals surface area contributed by atoms with Crippen LogP contribution in [0.4, 0.5) is 0 Å². The maximum Gasteiger partial charge on any atom is 0.243 e. The van der Waals surface area contributed by atoms with Crippen LogP contribution >= 0.6 is 0 Å². The molecule has 1 amide bonds. The Morgan fingerprint density at radius 1 is 0.949 bits per heavy atom. The second-order valence-corrected chi connectivity index (χ2v) is 11.6. The topological polar surface area (TPSA) is 118 Å². The first-order chi connectivity index (χ1) is 18.9. The lowest BCUT2D eigenvalue weighted by Crippen LogP contribution is -2.52. The molecule has 1 aromatic heterocycles. The van der Waals surface area contributed by atoms with Crippen LogP contribution in [0.3, 0.4) is 0 Å². The van der Waals surface area contributed by atoms with Crippen LogP contribution < -0.4 is 9.47 Å². The minimum Gasteiger partial charge on any atom is -0.493 e. The van der Waals surface area contributed by atoms with Crippen molar-refractivity contribution in [3.05, 3.63) is 54.4 Å². The summed E-state index contributed by atoms with van der Waals surface area (Å²) < 4.78 is 43.4. The van der Waals surface area contributed by atoms with Crippen molar-refractivity contribution in [3.63, 3.8) is 0 Å². The number of nitrogens with zero attached hydrogens (tertiary/aromatic N) is 5. The number of piperidine rings is 1. The molecule has 11 nitrogen and oxygen atoms in total. The van der Waals surface area contributed by atoms with E-state index in [1.165, 1.54) is 4.31 Å². The molecule has 12 heteroatoms. The Balaban J connectivity index is 1.11. The molecule has 39 heavy (non-hydrogen) atoms. The molecule has 0 radical (unpaired) electrons. The van der Waals surface area contributed by atoms with Gasteiger partial charge in [0.05, 0.1) is 25.7 Å². The summed E-state index contributed by atoms with van der Waals surface area (Å²) in [6.45, 7) is 3.43. The lowest BCUT2D eigenvalue weighted by atomic mass is 9.95. The van der Waals surface area contributed by atoms with Gasteiger partial charge in [-0.05, 0) is 56.3 Å². The number of carbonyl (C=O) groups excluding carboxylic acids is 1. The van der Waals surface area contributed by atoms with Gasteiger partial charge in [-0.3, -0.25) is 9.69 Å². The number of sulfonamides is 1. The van der Waals surface area contributed by atoms with Crippen molar-refractivity contribution in [3.8, 4) is 22.9 Å². The molecule has 2 fully saturated rings. The van der Waals surface area contributed by atoms with E-state index in [0.717, 1.165) is 31.5 Å². The average Bonchev–Trinajstić information content (AvgIpc) is 3.45. The highest BCUT2D eigenvalue weighted by Gasteiger charge is 2.34. The summed E-state index contributed by atoms with van der Waals surface area (Å²) >= 11 is 0. The van der Waals surface area contributed by atoms with Crippen molar-refractivity contribution in [1.29, 1.82) is 0 Å². The largest absolute Gasteiger partial charge is 0.493 e. The van der Waals surface area contributed by atoms with Gasteiger partial charge in [-0.15, -0.1) is 0 Å². The SMILES string of the molecule is COc1ccc(-c2noc(CN3CCC(C(=O)N4CCN(S(=O)(=O)c5ccccc5)CC4)CC3)n2)cc1OC. The summed E-state index contributed by atoms with van der Waals surface area (Å²) in [6, 6.07) is 13.9. The highest BCUT2D eigenvalue weighted by atomic mass is 32.2. The van der Waals surface area contributed by atoms with Gasteiger partial charge in [-0.1, -0.05) is 23.4 Å². The van der Waals surface area contributed by atoms with E-state index in [2.05, 4.69) is 15.0 Å². The molecule has 5 rings (SSSR count). The average molecular weight is 556 g/mol. The number of hydrogen-bond acceptors (Lipinski definition) is 9. The van der Waals surface area contributed by atoms with Gasteiger partial charge in [0.1, 0.15) is 0 Å². The number of hydrogen-bond donors (Lipinski definition) is 0. The summed E-state index contributed by atoms with van der Waals surface area (Å²) in [7, 11) is -0.378. The van der Waals surface area contributed by atoms with Crippen molar-refractivity contribution in [1.82, 2.24) is 24.2 Å². The first-order valence-corrected chi connectivity index (χ1v) is 14.4. The van der Waals surface area contributed by atoms with E-state index in [0.29, 0.717) is 55.9 Å². The zero-order valence-corrected chi connectivity index (χ0v) is 23.0. The maximum absolute atomic E-state index is 13.2. The minimum atomic E-state index is -3.54. The maximum atomic E-state index is 13.2. The Bertz CT molecular complexity index is 1380. The smallest absolute Gasteiger partial charge is 0.243 e. The summed E-state index contributed by atoms with van der Waals surface area (Å²) in [5, 5.41) is 4.11. The van der Waals surface area contributed by atoms with E-state index in [1.54, 1.807) is 50.6 Å². The molecule has 208 valence electrons. The molecule has 0 saturated carbocycles. The third kappa shape index (κ3) is 5.92. The van der Waals surface area contributed by atoms with Gasteiger partial charge in [0.15, 0.2) is 11.5 Å². The lowest BCUT2D eigenvalue weighted by Gasteiger charge is -2.38. The predicted molar refractivity (Wildman–Crippen MR) is 143 cm³/mol. The van der Waals surface area contributed by atoms with Gasteiger partial charge >= 0.3 is 0 Å². The highest BCUT2D eigenvalue weighted by Crippen LogP contribution is 2.31. The van der Waals surface area contributed by atoms with Crippen molar-refractivity contribution < 1.29 is 27.2 Å². The molecule has 2 aliphatic rings. The Morgan fingerprint density at radius 3 is 2.31 bits per heavy atom. The van der Waals surface area contributed by atoms with Crippen LogP contribution in [0, 0.1) is 5.92 Å². The molecular weight excluding hydrogens is 522 g/mol. The van der Waals surface area contributed by atoms with E-state index in [4.69, 9.17) is 14.0 Å². The summed E-state index contributed by atoms with van der Waals surface area (Å²) in [5.74, 6) is 2.25. The van der Waals surface area contributed by atoms with Crippen LogP contribution in [-0.4, -0.2) is 92.1 Å². The minimum absolute atomic E-state index is 0.0662. The summed E-state index contributed by atoms with van der Waals surface area (Å²) in [5.41, 5.74) is 0.767. The van der Waals surface area contributed by atoms with Crippen LogP contribution in [0.1, 0.15) is 18.7 Å². The van der Waals surface area contributed by atoms with Crippen LogP contribution in [-0.2, 0) is 21.4 Å². The monoisotopic (exact) mass is 555 g/mol. The highest BCUT2D eigenvalue weighted by molar-refractivity contribution is 7.89. The van der Waals surface area contributed by atoms with Gasteiger partial charge in [0.2, 0.25) is 27.6 Å². The van der Waals surface area contributed by atoms with E-state index in [-0.39, 0.29) is 16.7 Å². The normalized spacial score (nSPS) is 17.7. The number of amides is 1. The number of aromatic nitrogens is 2. The van der Waals surface area contributed by atoms with Crippen molar-refractivity contribution in [2.24, 2.45) is 5.92 Å². The molecule has 0 aliphatic carbocycles. The van der Waals surface area contributed by atoms with E-state index >= 15 is 0 Å². The predicted octanol–water partition coefficient (Wildman–Crippen LogP) is 2.50. The first-order valence-electron chi connectivity index (χ1n) is 13.0. The molecule has 3 heterocycles. The van der Waals surface area contributed by atoms with E-state index in [1.807, 2.05) is 17.0 Å². The first kappa shape index (κ1) is 27.1. The quantitative estimate of drug-likeness (QED) is 0.413. The molecule has 3 aromatic rings. The molecular formula is C27H33N5O6S. The Kier molecular flexibility index (Phi) is 8.15. The molecule has 0 unspecified atom stereocenters. The number of benzene rings is 2. The Labute approximate surface area is 228 Å². The molecule has 2 aliphatic heterocycles. The standard InChI is InChI=1S/C27H33N5O6S/c1-36-23-9-8-21(18-24(23)37-2)26-28-25(38-29-26)19-30-12-10-20(11-13-30)27(33)31-14-16-32(17-15-31)39(34,35)22-6-4-3-5-7-22/h3-9,18,20H,10-17,19H2,1-2H3. The van der Waals surface area contributed by atoms with Crippen LogP contribution in [0.2, 0.25) is 0 Å². The summed E-state index contributed by atoms with van der Waals surface area (Å²) in [6.07, 6.45) is 1.47. The van der Waals surface area contributed by atoms with Gasteiger partial charge in [0, 0.05) is 37.7 Å². The second-order valence-electron chi connectivity index (χ2n) is 9.67. The number of methoxy groups -OCH3 is 2. The number of piperazine rings is 1. The lowest BCUT2D eigenvalue weighted by molar-refractivity contribution is -0.138. The van der Waals surface area contributed by atoms with Crippen molar-refractivity contribution in [2.75, 3.05) is 53.5 Å². The van der Waals surface area contributed by atoms with E-state index < -0.39 is 10.0 Å². The Morgan fingerprint density at radius 2 is 1.64 bits per heavy atom. The fraction of sp³-hybridized carbons (Fsp3) is 0.444. The van der Waals surface area contributed by atoms with Gasteiger partial charge < -0.3 is 18.9 Å². The number of likely N-dealkylation sites (tertiary alicyclic amines) is 1. The number of carbonyl (C=O) groups is 1. The fourth-order valence-electron chi connectivity index (χ4n) is 5.09. The van der Waals surface area contributed by atoms with E-state index in [9.17, 15) is 13.2 Å². The zero-order chi connectivity index (χ0) is 27.4. The fourth-order valence-corrected chi connectivity index (χ4v) is 6.53. The third-order valence-corrected chi connectivity index (χ3v) is 9.25. The van der Waals surface area contributed by atoms with Crippen LogP contribution in [0.15, 0.2) is 57.9 Å². The second kappa shape index (κ2) is 11.7. The molecule has 0 atom stereocenters. The van der Waals surface area contributed by atoms with Crippen molar-refractivity contribution in [2.45, 2.75) is 24.3 Å². The zero-order valence-electron chi connectivity index (χ0n) is 22.2. The van der Waals surface area contributed by atoms with Gasteiger partial charge in [0.25, 0.3) is 0 Å². The third-order valence-electron chi connectivity index (χ3n) is 7.34. The molecule has 2 saturated heterocycles. The number of rotatable bonds is 8. The molecule has 0 spiro atoms. The summed E-state index contributed by atoms with van der Waals surface area (Å²) in [4.78, 5) is 22.0. The molecule has 2 aromatic carbocycles. The van der Waals surface area contributed by atoms with Crippen LogP contribution in [0.5, 0.6) is 11.5 Å². The molecule has 0 bridgehead atoms. The van der Waals surface area contributed by atoms with Gasteiger partial charge in [-0.25, -0.2) is 8.42 Å². The Hall–Kier alpha value is -3.48.